The summed E-state index contributed by atoms with van der Waals surface area (Å²) in [5.41, 5.74) is 2.11. The van der Waals surface area contributed by atoms with Gasteiger partial charge in [-0.2, -0.15) is 0 Å². The van der Waals surface area contributed by atoms with Gasteiger partial charge in [0, 0.05) is 29.4 Å². The standard InChI is InChI=1S/C18H22BrNO2/c19-16-8-6-15(7-9-16)17(21)10-11-18(22)20-13-12-14-4-2-1-3-5-14/h4,6-9H,1-3,5,10-13H2,(H,20,22). The molecule has 0 unspecified atom stereocenters. The topological polar surface area (TPSA) is 46.2 Å². The third kappa shape index (κ3) is 5.76. The zero-order valence-electron chi connectivity index (χ0n) is 12.7. The molecule has 1 aliphatic carbocycles. The van der Waals surface area contributed by atoms with Gasteiger partial charge in [-0.15, -0.1) is 0 Å². The maximum Gasteiger partial charge on any atom is 0.220 e. The molecule has 1 aliphatic rings. The van der Waals surface area contributed by atoms with Crippen molar-refractivity contribution in [2.24, 2.45) is 0 Å². The molecule has 1 N–H and O–H groups in total. The van der Waals surface area contributed by atoms with Gasteiger partial charge in [-0.3, -0.25) is 9.59 Å². The number of carbonyl (C=O) groups excluding carboxylic acids is 2. The van der Waals surface area contributed by atoms with Gasteiger partial charge >= 0.3 is 0 Å². The van der Waals surface area contributed by atoms with Crippen LogP contribution in [0.15, 0.2) is 40.4 Å². The lowest BCUT2D eigenvalue weighted by molar-refractivity contribution is -0.121. The molecule has 0 radical (unpaired) electrons. The molecule has 1 amide bonds. The number of benzene rings is 1. The molecule has 0 spiro atoms. The van der Waals surface area contributed by atoms with Crippen molar-refractivity contribution in [3.8, 4) is 0 Å². The lowest BCUT2D eigenvalue weighted by Gasteiger charge is -2.12. The van der Waals surface area contributed by atoms with E-state index in [1.165, 1.54) is 24.8 Å². The summed E-state index contributed by atoms with van der Waals surface area (Å²) in [5.74, 6) is -0.0282. The highest BCUT2D eigenvalue weighted by atomic mass is 79.9. The summed E-state index contributed by atoms with van der Waals surface area (Å²) >= 11 is 3.34. The number of hydrogen-bond donors (Lipinski definition) is 1. The monoisotopic (exact) mass is 363 g/mol. The SMILES string of the molecule is O=C(CCC(=O)c1ccc(Br)cc1)NCCC1=CCCCC1. The van der Waals surface area contributed by atoms with Crippen molar-refractivity contribution in [2.75, 3.05) is 6.54 Å². The fourth-order valence-corrected chi connectivity index (χ4v) is 2.85. The van der Waals surface area contributed by atoms with E-state index in [2.05, 4.69) is 27.3 Å². The van der Waals surface area contributed by atoms with Gasteiger partial charge in [0.2, 0.25) is 5.91 Å². The molecule has 2 rings (SSSR count). The average Bonchev–Trinajstić information content (AvgIpc) is 2.54. The van der Waals surface area contributed by atoms with E-state index in [9.17, 15) is 9.59 Å². The quantitative estimate of drug-likeness (QED) is 0.575. The molecular formula is C18H22BrNO2. The Balaban J connectivity index is 1.65. The summed E-state index contributed by atoms with van der Waals surface area (Å²) in [4.78, 5) is 23.8. The number of rotatable bonds is 7. The number of allylic oxidation sites excluding steroid dienone is 1. The van der Waals surface area contributed by atoms with Gasteiger partial charge in [0.15, 0.2) is 5.78 Å². The van der Waals surface area contributed by atoms with Crippen LogP contribution in [0, 0.1) is 0 Å². The largest absolute Gasteiger partial charge is 0.356 e. The Morgan fingerprint density at radius 1 is 1.09 bits per heavy atom. The Labute approximate surface area is 140 Å². The maximum absolute atomic E-state index is 12.0. The molecule has 0 aliphatic heterocycles. The van der Waals surface area contributed by atoms with Crippen molar-refractivity contribution < 1.29 is 9.59 Å². The van der Waals surface area contributed by atoms with Crippen LogP contribution in [-0.2, 0) is 4.79 Å². The Bertz CT molecular complexity index is 549. The second kappa shape index (κ2) is 8.89. The van der Waals surface area contributed by atoms with Crippen LogP contribution >= 0.6 is 15.9 Å². The van der Waals surface area contributed by atoms with Crippen molar-refractivity contribution in [1.82, 2.24) is 5.32 Å². The van der Waals surface area contributed by atoms with Crippen molar-refractivity contribution in [3.05, 3.63) is 46.0 Å². The summed E-state index contributed by atoms with van der Waals surface area (Å²) in [5, 5.41) is 2.91. The minimum atomic E-state index is -0.0399. The van der Waals surface area contributed by atoms with Crippen LogP contribution in [0.4, 0.5) is 0 Å². The number of Topliss-reactive ketones (excluding diaryl/α,β-unsaturated/α-hetero) is 1. The van der Waals surface area contributed by atoms with E-state index < -0.39 is 0 Å². The van der Waals surface area contributed by atoms with Crippen LogP contribution in [-0.4, -0.2) is 18.2 Å². The van der Waals surface area contributed by atoms with Crippen molar-refractivity contribution in [1.29, 1.82) is 0 Å². The molecule has 0 fully saturated rings. The highest BCUT2D eigenvalue weighted by Crippen LogP contribution is 2.19. The summed E-state index contributed by atoms with van der Waals surface area (Å²) in [6.45, 7) is 0.678. The fraction of sp³-hybridized carbons (Fsp3) is 0.444. The Kier molecular flexibility index (Phi) is 6.84. The number of nitrogens with one attached hydrogen (secondary N) is 1. The number of carbonyl (C=O) groups is 2. The molecule has 3 nitrogen and oxygen atoms in total. The average molecular weight is 364 g/mol. The summed E-state index contributed by atoms with van der Waals surface area (Å²) < 4.78 is 0.943. The molecule has 1 aromatic rings. The van der Waals surface area contributed by atoms with Crippen LogP contribution in [0.1, 0.15) is 55.3 Å². The van der Waals surface area contributed by atoms with Crippen molar-refractivity contribution in [3.63, 3.8) is 0 Å². The molecule has 0 heterocycles. The van der Waals surface area contributed by atoms with Gasteiger partial charge in [0.25, 0.3) is 0 Å². The number of amides is 1. The predicted molar refractivity (Wildman–Crippen MR) is 91.9 cm³/mol. The predicted octanol–water partition coefficient (Wildman–Crippen LogP) is 4.42. The number of ketones is 1. The summed E-state index contributed by atoms with van der Waals surface area (Å²) in [6.07, 6.45) is 8.64. The number of halogens is 1. The second-order valence-electron chi connectivity index (χ2n) is 5.64. The van der Waals surface area contributed by atoms with E-state index in [-0.39, 0.29) is 24.5 Å². The third-order valence-electron chi connectivity index (χ3n) is 3.90. The van der Waals surface area contributed by atoms with Gasteiger partial charge in [-0.1, -0.05) is 39.7 Å². The van der Waals surface area contributed by atoms with Crippen LogP contribution in [0.25, 0.3) is 0 Å². The van der Waals surface area contributed by atoms with Gasteiger partial charge in [-0.25, -0.2) is 0 Å². The lowest BCUT2D eigenvalue weighted by atomic mass is 9.97. The molecule has 0 aromatic heterocycles. The first kappa shape index (κ1) is 16.9. The van der Waals surface area contributed by atoms with Gasteiger partial charge < -0.3 is 5.32 Å². The molecule has 22 heavy (non-hydrogen) atoms. The summed E-state index contributed by atoms with van der Waals surface area (Å²) in [7, 11) is 0. The van der Waals surface area contributed by atoms with Crippen LogP contribution in [0.5, 0.6) is 0 Å². The minimum absolute atomic E-state index is 0.0117. The molecule has 0 saturated heterocycles. The van der Waals surface area contributed by atoms with Gasteiger partial charge in [-0.05, 0) is 44.2 Å². The Morgan fingerprint density at radius 2 is 1.86 bits per heavy atom. The van der Waals surface area contributed by atoms with E-state index in [0.29, 0.717) is 12.1 Å². The third-order valence-corrected chi connectivity index (χ3v) is 4.43. The normalized spacial score (nSPS) is 14.3. The first-order valence-corrected chi connectivity index (χ1v) is 8.68. The zero-order valence-corrected chi connectivity index (χ0v) is 14.3. The molecular weight excluding hydrogens is 342 g/mol. The van der Waals surface area contributed by atoms with E-state index >= 15 is 0 Å². The Morgan fingerprint density at radius 3 is 2.55 bits per heavy atom. The van der Waals surface area contributed by atoms with Gasteiger partial charge in [0.05, 0.1) is 0 Å². The molecule has 4 heteroatoms. The van der Waals surface area contributed by atoms with Crippen LogP contribution in [0.2, 0.25) is 0 Å². The highest BCUT2D eigenvalue weighted by molar-refractivity contribution is 9.10. The molecule has 118 valence electrons. The number of hydrogen-bond acceptors (Lipinski definition) is 2. The molecule has 1 aromatic carbocycles. The smallest absolute Gasteiger partial charge is 0.220 e. The second-order valence-corrected chi connectivity index (χ2v) is 6.55. The Hall–Kier alpha value is -1.42. The van der Waals surface area contributed by atoms with E-state index in [1.54, 1.807) is 12.1 Å². The molecule has 0 bridgehead atoms. The minimum Gasteiger partial charge on any atom is -0.356 e. The maximum atomic E-state index is 12.0. The van der Waals surface area contributed by atoms with Crippen LogP contribution in [0.3, 0.4) is 0 Å². The van der Waals surface area contributed by atoms with E-state index in [0.717, 1.165) is 17.3 Å². The lowest BCUT2D eigenvalue weighted by Crippen LogP contribution is -2.25. The van der Waals surface area contributed by atoms with E-state index in [4.69, 9.17) is 0 Å². The van der Waals surface area contributed by atoms with Crippen LogP contribution < -0.4 is 5.32 Å². The van der Waals surface area contributed by atoms with Crippen molar-refractivity contribution in [2.45, 2.75) is 44.9 Å². The molecule has 0 atom stereocenters. The van der Waals surface area contributed by atoms with E-state index in [1.807, 2.05) is 12.1 Å². The fourth-order valence-electron chi connectivity index (χ4n) is 2.59. The van der Waals surface area contributed by atoms with Gasteiger partial charge in [0.1, 0.15) is 0 Å². The zero-order chi connectivity index (χ0) is 15.8. The van der Waals surface area contributed by atoms with Crippen molar-refractivity contribution >= 4 is 27.6 Å². The first-order chi connectivity index (χ1) is 10.6. The first-order valence-electron chi connectivity index (χ1n) is 7.88. The highest BCUT2D eigenvalue weighted by Gasteiger charge is 2.09. The molecule has 0 saturated carbocycles. The summed E-state index contributed by atoms with van der Waals surface area (Å²) in [6, 6.07) is 7.23.